The lowest BCUT2D eigenvalue weighted by Gasteiger charge is -2.38. The van der Waals surface area contributed by atoms with Gasteiger partial charge in [-0.15, -0.1) is 0 Å². The normalized spacial score (nSPS) is 36.2. The SMILES string of the molecule is Cc1cc(C2CCC3C2[C@@H]2C[C@@H]3CC2c2cc(C)cc(C(C)(C)C)c2O)c(O)c(C2C[C@H]3C[C@H]2C2C(c4cc(C)cc(C(C)(C)C)c4O)CCC23)c1. The Hall–Kier alpha value is -2.94. The molecule has 0 amide bonds. The summed E-state index contributed by atoms with van der Waals surface area (Å²) in [6.07, 6.45) is 9.83. The number of phenolic OH excluding ortho intramolecular Hbond substituents is 3. The first-order valence-electron chi connectivity index (χ1n) is 21.0. The molecule has 3 aromatic carbocycles. The third-order valence-electron chi connectivity index (χ3n) is 16.1. The van der Waals surface area contributed by atoms with E-state index in [1.165, 1.54) is 90.3 Å². The van der Waals surface area contributed by atoms with Crippen molar-refractivity contribution in [2.24, 2.45) is 47.3 Å². The van der Waals surface area contributed by atoms with Crippen molar-refractivity contribution in [2.45, 2.75) is 148 Å². The van der Waals surface area contributed by atoms with Crippen molar-refractivity contribution >= 4 is 0 Å². The Morgan fingerprint density at radius 2 is 0.769 bits per heavy atom. The summed E-state index contributed by atoms with van der Waals surface area (Å²) in [6.45, 7) is 19.9. The van der Waals surface area contributed by atoms with Gasteiger partial charge >= 0.3 is 0 Å². The van der Waals surface area contributed by atoms with Gasteiger partial charge in [-0.25, -0.2) is 0 Å². The highest BCUT2D eigenvalue weighted by Gasteiger charge is 2.60. The van der Waals surface area contributed by atoms with Crippen LogP contribution in [-0.4, -0.2) is 15.3 Å². The van der Waals surface area contributed by atoms with Crippen LogP contribution in [0.2, 0.25) is 0 Å². The average Bonchev–Trinajstić information content (AvgIpc) is 3.90. The molecule has 0 heterocycles. The molecule has 0 saturated heterocycles. The van der Waals surface area contributed by atoms with E-state index in [9.17, 15) is 15.3 Å². The van der Waals surface area contributed by atoms with Crippen LogP contribution in [0.25, 0.3) is 0 Å². The molecule has 0 aliphatic heterocycles. The fraction of sp³-hybridized carbons (Fsp3) is 0.633. The molecule has 0 aromatic heterocycles. The van der Waals surface area contributed by atoms with Gasteiger partial charge in [0.25, 0.3) is 0 Å². The van der Waals surface area contributed by atoms with Gasteiger partial charge in [0.1, 0.15) is 17.2 Å². The molecular weight excluding hydrogens is 637 g/mol. The molecule has 4 bridgehead atoms. The van der Waals surface area contributed by atoms with E-state index in [1.54, 1.807) is 0 Å². The molecule has 6 fully saturated rings. The largest absolute Gasteiger partial charge is 0.507 e. The Morgan fingerprint density at radius 3 is 1.17 bits per heavy atom. The Balaban J connectivity index is 1.04. The molecule has 6 aliphatic carbocycles. The van der Waals surface area contributed by atoms with Crippen LogP contribution in [0.5, 0.6) is 17.2 Å². The molecule has 3 nitrogen and oxygen atoms in total. The van der Waals surface area contributed by atoms with Crippen molar-refractivity contribution in [1.82, 2.24) is 0 Å². The lowest BCUT2D eigenvalue weighted by Crippen LogP contribution is -2.28. The van der Waals surface area contributed by atoms with Gasteiger partial charge < -0.3 is 15.3 Å². The van der Waals surface area contributed by atoms with Crippen molar-refractivity contribution in [2.75, 3.05) is 0 Å². The second kappa shape index (κ2) is 11.8. The summed E-state index contributed by atoms with van der Waals surface area (Å²) < 4.78 is 0. The van der Waals surface area contributed by atoms with E-state index >= 15 is 0 Å². The van der Waals surface area contributed by atoms with Crippen LogP contribution in [0.4, 0.5) is 0 Å². The van der Waals surface area contributed by atoms with Crippen molar-refractivity contribution in [3.8, 4) is 17.2 Å². The Kier molecular flexibility index (Phi) is 7.88. The minimum atomic E-state index is -0.0995. The summed E-state index contributed by atoms with van der Waals surface area (Å²) in [5.41, 5.74) is 10.6. The molecule has 0 spiro atoms. The van der Waals surface area contributed by atoms with E-state index in [0.29, 0.717) is 64.6 Å². The quantitative estimate of drug-likeness (QED) is 0.254. The zero-order valence-electron chi connectivity index (χ0n) is 33.4. The van der Waals surface area contributed by atoms with Gasteiger partial charge in [0.15, 0.2) is 0 Å². The van der Waals surface area contributed by atoms with Gasteiger partial charge in [0.05, 0.1) is 0 Å². The molecule has 3 aromatic rings. The van der Waals surface area contributed by atoms with Crippen molar-refractivity contribution in [1.29, 1.82) is 0 Å². The number of phenols is 3. The summed E-state index contributed by atoms with van der Waals surface area (Å²) in [6, 6.07) is 13.7. The number of aromatic hydroxyl groups is 3. The monoisotopic (exact) mass is 700 g/mol. The number of hydrogen-bond donors (Lipinski definition) is 3. The van der Waals surface area contributed by atoms with Crippen molar-refractivity contribution in [3.63, 3.8) is 0 Å². The predicted molar refractivity (Wildman–Crippen MR) is 212 cm³/mol. The lowest BCUT2D eigenvalue weighted by atomic mass is 9.67. The molecule has 9 rings (SSSR count). The highest BCUT2D eigenvalue weighted by atomic mass is 16.3. The van der Waals surface area contributed by atoms with Crippen LogP contribution in [0.1, 0.15) is 167 Å². The fourth-order valence-electron chi connectivity index (χ4n) is 14.4. The van der Waals surface area contributed by atoms with Gasteiger partial charge in [-0.1, -0.05) is 94.6 Å². The lowest BCUT2D eigenvalue weighted by molar-refractivity contribution is 0.209. The average molecular weight is 701 g/mol. The molecule has 6 saturated carbocycles. The van der Waals surface area contributed by atoms with Gasteiger partial charge in [0, 0.05) is 0 Å². The van der Waals surface area contributed by atoms with E-state index < -0.39 is 0 Å². The molecule has 278 valence electrons. The van der Waals surface area contributed by atoms with Crippen LogP contribution >= 0.6 is 0 Å². The minimum Gasteiger partial charge on any atom is -0.507 e. The molecule has 12 atom stereocenters. The fourth-order valence-corrected chi connectivity index (χ4v) is 14.4. The highest BCUT2D eigenvalue weighted by molar-refractivity contribution is 5.53. The van der Waals surface area contributed by atoms with E-state index in [0.717, 1.165) is 34.8 Å². The number of fused-ring (bicyclic) bond motifs is 10. The molecule has 3 N–H and O–H groups in total. The van der Waals surface area contributed by atoms with Crippen LogP contribution in [0.15, 0.2) is 36.4 Å². The third-order valence-corrected chi connectivity index (χ3v) is 16.1. The minimum absolute atomic E-state index is 0.0985. The van der Waals surface area contributed by atoms with Crippen LogP contribution in [-0.2, 0) is 10.8 Å². The summed E-state index contributed by atoms with van der Waals surface area (Å²) in [4.78, 5) is 0. The van der Waals surface area contributed by atoms with Gasteiger partial charge in [-0.05, 0) is 187 Å². The topological polar surface area (TPSA) is 60.7 Å². The predicted octanol–water partition coefficient (Wildman–Crippen LogP) is 12.2. The number of benzene rings is 3. The second-order valence-corrected chi connectivity index (χ2v) is 21.1. The second-order valence-electron chi connectivity index (χ2n) is 21.1. The molecule has 52 heavy (non-hydrogen) atoms. The van der Waals surface area contributed by atoms with Crippen LogP contribution in [0, 0.1) is 68.1 Å². The van der Waals surface area contributed by atoms with Crippen molar-refractivity contribution in [3.05, 3.63) is 86.5 Å². The van der Waals surface area contributed by atoms with Crippen LogP contribution < -0.4 is 0 Å². The van der Waals surface area contributed by atoms with E-state index in [4.69, 9.17) is 0 Å². The Labute approximate surface area is 313 Å². The summed E-state index contributed by atoms with van der Waals surface area (Å²) in [5.74, 6) is 8.49. The maximum Gasteiger partial charge on any atom is 0.122 e. The molecular formula is C49H64O3. The standard InChI is InChI=1S/C49H64O3/c1-24-14-37(31-12-10-29-28-21-34(36(23-28)43(29)31)40-17-26(3)19-42(47(40)52)49(7,8)9)45(50)39(15-24)33-20-27-22-35(33)44-30(27)11-13-32(44)38-16-25(2)18-41(46(38)51)48(4,5)6/h14-19,27-36,43-44,50-52H,10-13,20-23H2,1-9H3/t27-,28-,29?,30?,31?,32?,33?,34?,35+,36+,43?,44?/m0/s1. The Morgan fingerprint density at radius 1 is 0.423 bits per heavy atom. The van der Waals surface area contributed by atoms with Gasteiger partial charge in [-0.2, -0.15) is 0 Å². The van der Waals surface area contributed by atoms with E-state index in [1.807, 2.05) is 0 Å². The summed E-state index contributed by atoms with van der Waals surface area (Å²) in [7, 11) is 0. The molecule has 6 aliphatic rings. The van der Waals surface area contributed by atoms with Crippen molar-refractivity contribution < 1.29 is 15.3 Å². The maximum absolute atomic E-state index is 12.5. The van der Waals surface area contributed by atoms with E-state index in [2.05, 4.69) is 98.7 Å². The highest BCUT2D eigenvalue weighted by Crippen LogP contribution is 2.71. The first-order valence-corrected chi connectivity index (χ1v) is 21.0. The summed E-state index contributed by atoms with van der Waals surface area (Å²) >= 11 is 0. The molecule has 8 unspecified atom stereocenters. The number of rotatable bonds is 4. The Bertz CT molecular complexity index is 1920. The first kappa shape index (κ1) is 34.8. The van der Waals surface area contributed by atoms with E-state index in [-0.39, 0.29) is 10.8 Å². The third kappa shape index (κ3) is 5.16. The summed E-state index contributed by atoms with van der Waals surface area (Å²) in [5, 5.41) is 36.0. The van der Waals surface area contributed by atoms with Gasteiger partial charge in [-0.3, -0.25) is 0 Å². The van der Waals surface area contributed by atoms with Gasteiger partial charge in [0.2, 0.25) is 0 Å². The number of hydrogen-bond acceptors (Lipinski definition) is 3. The zero-order chi connectivity index (χ0) is 36.8. The smallest absolute Gasteiger partial charge is 0.122 e. The maximum atomic E-state index is 12.5. The molecule has 0 radical (unpaired) electrons. The first-order chi connectivity index (χ1) is 24.5. The van der Waals surface area contributed by atoms with Crippen LogP contribution in [0.3, 0.4) is 0 Å². The number of aryl methyl sites for hydroxylation is 3. The molecule has 3 heteroatoms. The zero-order valence-corrected chi connectivity index (χ0v) is 33.4.